The average molecular weight is 513 g/mol. The molecule has 0 spiro atoms. The zero-order valence-corrected chi connectivity index (χ0v) is 21.1. The molecular formula is C28H30Cl2N2O3. The van der Waals surface area contributed by atoms with Gasteiger partial charge in [-0.1, -0.05) is 30.2 Å². The third kappa shape index (κ3) is 5.69. The predicted octanol–water partition coefficient (Wildman–Crippen LogP) is 6.71. The van der Waals surface area contributed by atoms with Gasteiger partial charge in [0.15, 0.2) is 0 Å². The lowest BCUT2D eigenvalue weighted by atomic mass is 10.1. The van der Waals surface area contributed by atoms with Crippen LogP contribution >= 0.6 is 24.0 Å². The largest absolute Gasteiger partial charge is 0.508 e. The smallest absolute Gasteiger partial charge is 0.119 e. The van der Waals surface area contributed by atoms with Gasteiger partial charge in [-0.05, 0) is 91.7 Å². The number of fused-ring (bicyclic) bond motifs is 1. The van der Waals surface area contributed by atoms with Crippen molar-refractivity contribution < 1.29 is 14.9 Å². The number of aromatic hydroxyl groups is 2. The molecule has 0 radical (unpaired) electrons. The van der Waals surface area contributed by atoms with Crippen molar-refractivity contribution >= 4 is 34.9 Å². The number of phenolic OH excluding ortho intramolecular Hbond substituents is 2. The van der Waals surface area contributed by atoms with Crippen molar-refractivity contribution in [2.45, 2.75) is 25.8 Å². The van der Waals surface area contributed by atoms with Gasteiger partial charge in [-0.25, -0.2) is 0 Å². The van der Waals surface area contributed by atoms with Crippen LogP contribution in [-0.2, 0) is 6.54 Å². The number of rotatable bonds is 7. The number of hydrogen-bond acceptors (Lipinski definition) is 4. The van der Waals surface area contributed by atoms with Crippen molar-refractivity contribution in [3.63, 3.8) is 0 Å². The second kappa shape index (κ2) is 11.3. The first-order valence-corrected chi connectivity index (χ1v) is 12.2. The molecule has 1 aliphatic rings. The standard InChI is InChI=1S/C28H29ClN2O3.ClH/c29-27-25-18-23(33)10-13-26(25)31(28(27)21-6-8-22(32)9-7-21)19-20-4-11-24(12-5-20)34-17-16-30-14-2-1-3-15-30;/h4-13,18,32-33H,1-3,14-17,19H2;1H. The van der Waals surface area contributed by atoms with Crippen LogP contribution in [0.3, 0.4) is 0 Å². The van der Waals surface area contributed by atoms with Gasteiger partial charge in [-0.3, -0.25) is 4.90 Å². The second-order valence-electron chi connectivity index (χ2n) is 8.89. The Morgan fingerprint density at radius 1 is 0.829 bits per heavy atom. The minimum atomic E-state index is 0. The lowest BCUT2D eigenvalue weighted by Gasteiger charge is -2.26. The van der Waals surface area contributed by atoms with E-state index in [0.717, 1.165) is 40.0 Å². The number of ether oxygens (including phenoxy) is 1. The maximum atomic E-state index is 10.0. The molecule has 35 heavy (non-hydrogen) atoms. The highest BCUT2D eigenvalue weighted by Gasteiger charge is 2.18. The van der Waals surface area contributed by atoms with Crippen LogP contribution in [0.2, 0.25) is 5.02 Å². The number of halogens is 2. The van der Waals surface area contributed by atoms with Crippen LogP contribution < -0.4 is 4.74 Å². The van der Waals surface area contributed by atoms with E-state index in [1.165, 1.54) is 32.4 Å². The molecule has 0 aliphatic carbocycles. The minimum absolute atomic E-state index is 0. The summed E-state index contributed by atoms with van der Waals surface area (Å²) in [6, 6.07) is 20.5. The Morgan fingerprint density at radius 2 is 1.51 bits per heavy atom. The van der Waals surface area contributed by atoms with Crippen molar-refractivity contribution in [2.24, 2.45) is 0 Å². The minimum Gasteiger partial charge on any atom is -0.508 e. The molecule has 5 rings (SSSR count). The Kier molecular flexibility index (Phi) is 8.11. The van der Waals surface area contributed by atoms with Crippen LogP contribution in [0.15, 0.2) is 66.7 Å². The second-order valence-corrected chi connectivity index (χ2v) is 9.27. The van der Waals surface area contributed by atoms with E-state index in [1.54, 1.807) is 24.3 Å². The number of likely N-dealkylation sites (tertiary alicyclic amines) is 1. The third-order valence-corrected chi connectivity index (χ3v) is 6.90. The van der Waals surface area contributed by atoms with Gasteiger partial charge in [0, 0.05) is 18.5 Å². The van der Waals surface area contributed by atoms with E-state index in [0.29, 0.717) is 18.2 Å². The summed E-state index contributed by atoms with van der Waals surface area (Å²) in [4.78, 5) is 2.47. The summed E-state index contributed by atoms with van der Waals surface area (Å²) in [5.41, 5.74) is 3.80. The van der Waals surface area contributed by atoms with E-state index >= 15 is 0 Å². The predicted molar refractivity (Wildman–Crippen MR) is 144 cm³/mol. The monoisotopic (exact) mass is 512 g/mol. The fourth-order valence-electron chi connectivity index (χ4n) is 4.72. The van der Waals surface area contributed by atoms with Crippen LogP contribution in [0.1, 0.15) is 24.8 Å². The Hall–Kier alpha value is -2.86. The number of hydrogen-bond donors (Lipinski definition) is 2. The van der Waals surface area contributed by atoms with E-state index in [-0.39, 0.29) is 23.9 Å². The van der Waals surface area contributed by atoms with Crippen molar-refractivity contribution in [2.75, 3.05) is 26.2 Å². The SMILES string of the molecule is Cl.Oc1ccc(-c2c(Cl)c3cc(O)ccc3n2Cc2ccc(OCCN3CCCCC3)cc2)cc1. The van der Waals surface area contributed by atoms with Crippen molar-refractivity contribution in [1.82, 2.24) is 9.47 Å². The molecule has 1 saturated heterocycles. The average Bonchev–Trinajstić information content (AvgIpc) is 3.12. The van der Waals surface area contributed by atoms with Gasteiger partial charge >= 0.3 is 0 Å². The number of phenols is 2. The quantitative estimate of drug-likeness (QED) is 0.289. The summed E-state index contributed by atoms with van der Waals surface area (Å²) in [6.07, 6.45) is 3.92. The molecule has 1 aromatic heterocycles. The number of aromatic nitrogens is 1. The van der Waals surface area contributed by atoms with Crippen molar-refractivity contribution in [3.8, 4) is 28.5 Å². The summed E-state index contributed by atoms with van der Waals surface area (Å²) < 4.78 is 8.13. The summed E-state index contributed by atoms with van der Waals surface area (Å²) in [7, 11) is 0. The molecule has 5 nitrogen and oxygen atoms in total. The molecule has 7 heteroatoms. The third-order valence-electron chi connectivity index (χ3n) is 6.51. The highest BCUT2D eigenvalue weighted by atomic mass is 35.5. The zero-order chi connectivity index (χ0) is 23.5. The lowest BCUT2D eigenvalue weighted by Crippen LogP contribution is -2.33. The van der Waals surface area contributed by atoms with Gasteiger partial charge in [0.25, 0.3) is 0 Å². The number of piperidine rings is 1. The molecule has 2 N–H and O–H groups in total. The fourth-order valence-corrected chi connectivity index (χ4v) is 5.08. The van der Waals surface area contributed by atoms with Crippen LogP contribution in [0.25, 0.3) is 22.2 Å². The first-order chi connectivity index (χ1) is 16.6. The van der Waals surface area contributed by atoms with Crippen molar-refractivity contribution in [3.05, 3.63) is 77.3 Å². The molecule has 0 atom stereocenters. The summed E-state index contributed by atoms with van der Waals surface area (Å²) in [6.45, 7) is 4.63. The summed E-state index contributed by atoms with van der Waals surface area (Å²) in [5.74, 6) is 1.26. The van der Waals surface area contributed by atoms with Crippen LogP contribution in [-0.4, -0.2) is 45.9 Å². The molecule has 0 unspecified atom stereocenters. The van der Waals surface area contributed by atoms with E-state index < -0.39 is 0 Å². The Bertz CT molecular complexity index is 1260. The van der Waals surface area contributed by atoms with Crippen molar-refractivity contribution in [1.29, 1.82) is 0 Å². The lowest BCUT2D eigenvalue weighted by molar-refractivity contribution is 0.183. The number of nitrogens with zero attached hydrogens (tertiary/aromatic N) is 2. The van der Waals surface area contributed by atoms with Gasteiger partial charge in [0.2, 0.25) is 0 Å². The molecule has 4 aromatic rings. The Balaban J connectivity index is 0.00000289. The van der Waals surface area contributed by atoms with E-state index in [4.69, 9.17) is 16.3 Å². The molecule has 0 bridgehead atoms. The molecular weight excluding hydrogens is 483 g/mol. The van der Waals surface area contributed by atoms with Gasteiger partial charge in [0.1, 0.15) is 23.9 Å². The molecule has 1 fully saturated rings. The highest BCUT2D eigenvalue weighted by Crippen LogP contribution is 2.40. The number of benzene rings is 3. The van der Waals surface area contributed by atoms with Crippen LogP contribution in [0.5, 0.6) is 17.2 Å². The topological polar surface area (TPSA) is 57.9 Å². The Labute approximate surface area is 216 Å². The molecule has 3 aromatic carbocycles. The Morgan fingerprint density at radius 3 is 2.23 bits per heavy atom. The molecule has 2 heterocycles. The van der Waals surface area contributed by atoms with E-state index in [2.05, 4.69) is 21.6 Å². The zero-order valence-electron chi connectivity index (χ0n) is 19.5. The van der Waals surface area contributed by atoms with Gasteiger partial charge in [0.05, 0.1) is 16.2 Å². The van der Waals surface area contributed by atoms with Gasteiger partial charge in [-0.15, -0.1) is 12.4 Å². The maximum absolute atomic E-state index is 10.0. The summed E-state index contributed by atoms with van der Waals surface area (Å²) >= 11 is 6.80. The van der Waals surface area contributed by atoms with Gasteiger partial charge in [-0.2, -0.15) is 0 Å². The first-order valence-electron chi connectivity index (χ1n) is 11.8. The van der Waals surface area contributed by atoms with E-state index in [1.807, 2.05) is 30.3 Å². The normalized spacial score (nSPS) is 14.1. The maximum Gasteiger partial charge on any atom is 0.119 e. The molecule has 0 saturated carbocycles. The first kappa shape index (κ1) is 25.2. The van der Waals surface area contributed by atoms with E-state index in [9.17, 15) is 10.2 Å². The van der Waals surface area contributed by atoms with Crippen LogP contribution in [0.4, 0.5) is 0 Å². The molecule has 0 amide bonds. The molecule has 184 valence electrons. The molecule has 1 aliphatic heterocycles. The fraction of sp³-hybridized carbons (Fsp3) is 0.286. The summed E-state index contributed by atoms with van der Waals surface area (Å²) in [5, 5.41) is 21.1. The van der Waals surface area contributed by atoms with Crippen LogP contribution in [0, 0.1) is 0 Å². The highest BCUT2D eigenvalue weighted by molar-refractivity contribution is 6.38. The van der Waals surface area contributed by atoms with Gasteiger partial charge < -0.3 is 19.5 Å².